The van der Waals surface area contributed by atoms with Gasteiger partial charge in [0.25, 0.3) is 0 Å². The normalized spacial score (nSPS) is 10.5. The summed E-state index contributed by atoms with van der Waals surface area (Å²) in [7, 11) is 0. The predicted octanol–water partition coefficient (Wildman–Crippen LogP) is 4.44. The van der Waals surface area contributed by atoms with E-state index in [4.69, 9.17) is 5.73 Å². The van der Waals surface area contributed by atoms with Crippen molar-refractivity contribution in [1.29, 1.82) is 0 Å². The second-order valence-corrected chi connectivity index (χ2v) is 6.05. The number of aryl methyl sites for hydroxylation is 2. The molecule has 0 radical (unpaired) electrons. The third-order valence-corrected chi connectivity index (χ3v) is 3.93. The van der Waals surface area contributed by atoms with Gasteiger partial charge < -0.3 is 5.73 Å². The van der Waals surface area contributed by atoms with Crippen LogP contribution in [0.25, 0.3) is 0 Å². The van der Waals surface area contributed by atoms with E-state index >= 15 is 0 Å². The van der Waals surface area contributed by atoms with E-state index in [0.29, 0.717) is 0 Å². The molecule has 1 heterocycles. The zero-order valence-electron chi connectivity index (χ0n) is 13.7. The average Bonchev–Trinajstić information content (AvgIpc) is 2.54. The molecule has 0 amide bonds. The number of aromatic nitrogens is 1. The number of hydrogen-bond donors (Lipinski definition) is 1. The first-order valence-corrected chi connectivity index (χ1v) is 8.04. The lowest BCUT2D eigenvalue weighted by Crippen LogP contribution is -2.03. The van der Waals surface area contributed by atoms with Crippen molar-refractivity contribution < 1.29 is 0 Å². The highest BCUT2D eigenvalue weighted by Gasteiger charge is 1.99. The molecule has 1 aromatic heterocycles. The molecule has 0 aliphatic heterocycles. The molecule has 2 nitrogen and oxygen atoms in total. The maximum absolute atomic E-state index is 6.01. The Kier molecular flexibility index (Phi) is 6.20. The Morgan fingerprint density at radius 3 is 2.23 bits per heavy atom. The van der Waals surface area contributed by atoms with Gasteiger partial charge in [0.2, 0.25) is 0 Å². The largest absolute Gasteiger partial charge is 0.402 e. The minimum absolute atomic E-state index is 0.849. The summed E-state index contributed by atoms with van der Waals surface area (Å²) in [6, 6.07) is 15.0. The third-order valence-electron chi connectivity index (χ3n) is 3.93. The van der Waals surface area contributed by atoms with Gasteiger partial charge in [0.1, 0.15) is 0 Å². The second kappa shape index (κ2) is 8.38. The highest BCUT2D eigenvalue weighted by Crippen LogP contribution is 2.12. The molecular weight excluding hydrogens is 268 g/mol. The zero-order valence-corrected chi connectivity index (χ0v) is 13.7. The van der Waals surface area contributed by atoms with Crippen LogP contribution in [-0.2, 0) is 19.3 Å². The van der Waals surface area contributed by atoms with Crippen molar-refractivity contribution in [2.75, 3.05) is 0 Å². The van der Waals surface area contributed by atoms with Crippen LogP contribution in [0.1, 0.15) is 43.5 Å². The molecule has 0 bridgehead atoms. The van der Waals surface area contributed by atoms with E-state index in [1.54, 1.807) is 0 Å². The van der Waals surface area contributed by atoms with Crippen LogP contribution in [0.5, 0.6) is 0 Å². The molecule has 2 heteroatoms. The van der Waals surface area contributed by atoms with Crippen molar-refractivity contribution in [1.82, 2.24) is 4.98 Å². The highest BCUT2D eigenvalue weighted by atomic mass is 14.7. The molecule has 2 rings (SSSR count). The van der Waals surface area contributed by atoms with Gasteiger partial charge in [-0.1, -0.05) is 35.9 Å². The predicted molar refractivity (Wildman–Crippen MR) is 93.6 cm³/mol. The number of benzene rings is 1. The lowest BCUT2D eigenvalue weighted by atomic mass is 10.0. The molecule has 0 saturated heterocycles. The summed E-state index contributed by atoms with van der Waals surface area (Å²) in [4.78, 5) is 4.36. The quantitative estimate of drug-likeness (QED) is 0.767. The third kappa shape index (κ3) is 5.36. The summed E-state index contributed by atoms with van der Waals surface area (Å²) in [6.07, 6.45) is 7.30. The van der Waals surface area contributed by atoms with E-state index in [0.717, 1.165) is 25.0 Å². The monoisotopic (exact) mass is 294 g/mol. The van der Waals surface area contributed by atoms with Crippen molar-refractivity contribution in [2.45, 2.75) is 46.0 Å². The van der Waals surface area contributed by atoms with Crippen LogP contribution in [-0.4, -0.2) is 4.98 Å². The molecule has 2 N–H and O–H groups in total. The number of nitrogens with two attached hydrogens (primary N) is 1. The summed E-state index contributed by atoms with van der Waals surface area (Å²) in [6.45, 7) is 4.12. The minimum Gasteiger partial charge on any atom is -0.402 e. The maximum Gasteiger partial charge on any atom is 0.0403 e. The van der Waals surface area contributed by atoms with Crippen molar-refractivity contribution in [3.05, 3.63) is 76.8 Å². The average molecular weight is 294 g/mol. The lowest BCUT2D eigenvalue weighted by Gasteiger charge is -2.06. The topological polar surface area (TPSA) is 38.9 Å². The minimum atomic E-state index is 0.849. The molecule has 0 saturated carbocycles. The Balaban J connectivity index is 1.76. The fraction of sp³-hybridized carbons (Fsp3) is 0.350. The van der Waals surface area contributed by atoms with Gasteiger partial charge in [-0.25, -0.2) is 0 Å². The molecule has 2 aromatic rings. The van der Waals surface area contributed by atoms with Gasteiger partial charge in [0.15, 0.2) is 0 Å². The molecule has 0 fully saturated rings. The van der Waals surface area contributed by atoms with Gasteiger partial charge in [0.05, 0.1) is 0 Å². The molecule has 0 atom stereocenters. The maximum atomic E-state index is 6.01. The second-order valence-electron chi connectivity index (χ2n) is 6.05. The summed E-state index contributed by atoms with van der Waals surface area (Å²) in [5, 5.41) is 0. The van der Waals surface area contributed by atoms with Crippen LogP contribution in [0, 0.1) is 0 Å². The Bertz CT molecular complexity index is 593. The van der Waals surface area contributed by atoms with Crippen LogP contribution >= 0.6 is 0 Å². The Morgan fingerprint density at radius 1 is 0.909 bits per heavy atom. The number of allylic oxidation sites excluding steroid dienone is 2. The number of unbranched alkanes of at least 4 members (excludes halogenated alkanes) is 1. The van der Waals surface area contributed by atoms with Crippen molar-refractivity contribution in [3.8, 4) is 0 Å². The van der Waals surface area contributed by atoms with Gasteiger partial charge >= 0.3 is 0 Å². The first-order valence-electron chi connectivity index (χ1n) is 8.04. The van der Waals surface area contributed by atoms with Gasteiger partial charge in [-0.3, -0.25) is 4.98 Å². The van der Waals surface area contributed by atoms with Gasteiger partial charge in [-0.2, -0.15) is 0 Å². The zero-order chi connectivity index (χ0) is 15.8. The Labute approximate surface area is 134 Å². The van der Waals surface area contributed by atoms with Gasteiger partial charge in [0, 0.05) is 24.0 Å². The first kappa shape index (κ1) is 16.3. The van der Waals surface area contributed by atoms with E-state index in [9.17, 15) is 0 Å². The van der Waals surface area contributed by atoms with Gasteiger partial charge in [-0.05, 0) is 62.8 Å². The number of nitrogens with zero attached hydrogens (tertiary/aromatic N) is 1. The Hall–Kier alpha value is -2.09. The molecule has 0 spiro atoms. The van der Waals surface area contributed by atoms with E-state index in [1.165, 1.54) is 35.2 Å². The first-order chi connectivity index (χ1) is 10.6. The van der Waals surface area contributed by atoms with Crippen molar-refractivity contribution in [2.24, 2.45) is 5.73 Å². The summed E-state index contributed by atoms with van der Waals surface area (Å²) < 4.78 is 0. The van der Waals surface area contributed by atoms with Crippen LogP contribution in [0.3, 0.4) is 0 Å². The smallest absolute Gasteiger partial charge is 0.0403 e. The van der Waals surface area contributed by atoms with Crippen molar-refractivity contribution in [3.63, 3.8) is 0 Å². The van der Waals surface area contributed by atoms with E-state index in [1.807, 2.05) is 12.3 Å². The number of pyridine rings is 1. The van der Waals surface area contributed by atoms with Crippen LogP contribution in [0.4, 0.5) is 0 Å². The fourth-order valence-corrected chi connectivity index (χ4v) is 2.40. The van der Waals surface area contributed by atoms with E-state index in [-0.39, 0.29) is 0 Å². The molecule has 0 aliphatic carbocycles. The van der Waals surface area contributed by atoms with E-state index in [2.05, 4.69) is 55.2 Å². The number of hydrogen-bond acceptors (Lipinski definition) is 2. The molecule has 0 aliphatic rings. The highest BCUT2D eigenvalue weighted by molar-refractivity contribution is 5.26. The van der Waals surface area contributed by atoms with Crippen LogP contribution < -0.4 is 5.73 Å². The molecular formula is C20H26N2. The lowest BCUT2D eigenvalue weighted by molar-refractivity contribution is 0.722. The SMILES string of the molecule is CC(C)=C(N)Cc1ccc(CCCCc2ccccn2)cc1. The van der Waals surface area contributed by atoms with E-state index < -0.39 is 0 Å². The van der Waals surface area contributed by atoms with Crippen LogP contribution in [0.15, 0.2) is 59.9 Å². The van der Waals surface area contributed by atoms with Crippen LogP contribution in [0.2, 0.25) is 0 Å². The fourth-order valence-electron chi connectivity index (χ4n) is 2.40. The standard InChI is InChI=1S/C20H26N2/c1-16(2)20(21)15-18-12-10-17(11-13-18)7-3-4-8-19-9-5-6-14-22-19/h5-6,9-14H,3-4,7-8,15,21H2,1-2H3. The summed E-state index contributed by atoms with van der Waals surface area (Å²) in [5.41, 5.74) is 12.1. The summed E-state index contributed by atoms with van der Waals surface area (Å²) in [5.74, 6) is 0. The van der Waals surface area contributed by atoms with Gasteiger partial charge in [-0.15, -0.1) is 0 Å². The molecule has 1 aromatic carbocycles. The number of rotatable bonds is 7. The molecule has 0 unspecified atom stereocenters. The molecule has 22 heavy (non-hydrogen) atoms. The Morgan fingerprint density at radius 2 is 1.59 bits per heavy atom. The van der Waals surface area contributed by atoms with Crippen molar-refractivity contribution >= 4 is 0 Å². The molecule has 116 valence electrons. The summed E-state index contributed by atoms with van der Waals surface area (Å²) >= 11 is 0.